The maximum atomic E-state index is 4.37. The van der Waals surface area contributed by atoms with E-state index in [4.69, 9.17) is 0 Å². The number of amidine groups is 1. The molecule has 0 N–H and O–H groups in total. The second-order valence-corrected chi connectivity index (χ2v) is 4.42. The van der Waals surface area contributed by atoms with E-state index in [0.717, 1.165) is 12.0 Å². The Bertz CT molecular complexity index is 210. The van der Waals surface area contributed by atoms with Crippen LogP contribution in [-0.4, -0.2) is 30.9 Å². The van der Waals surface area contributed by atoms with E-state index < -0.39 is 0 Å². The molecule has 0 radical (unpaired) electrons. The molecule has 0 aromatic carbocycles. The fourth-order valence-electron chi connectivity index (χ4n) is 2.93. The van der Waals surface area contributed by atoms with Gasteiger partial charge in [-0.3, -0.25) is 4.99 Å². The largest absolute Gasteiger partial charge is 0.360 e. The molecule has 1 saturated carbocycles. The first-order valence-electron chi connectivity index (χ1n) is 5.51. The monoisotopic (exact) mass is 180 g/mol. The maximum Gasteiger partial charge on any atom is 0.0989 e. The van der Waals surface area contributed by atoms with Crippen molar-refractivity contribution < 1.29 is 0 Å². The van der Waals surface area contributed by atoms with Gasteiger partial charge in [-0.2, -0.15) is 0 Å². The van der Waals surface area contributed by atoms with E-state index in [9.17, 15) is 0 Å². The molecule has 0 amide bonds. The minimum absolute atomic E-state index is 0.807. The molecule has 1 aliphatic carbocycles. The molecule has 2 nitrogen and oxygen atoms in total. The van der Waals surface area contributed by atoms with Crippen LogP contribution in [0.1, 0.15) is 38.5 Å². The van der Waals surface area contributed by atoms with Crippen molar-refractivity contribution in [1.29, 1.82) is 0 Å². The van der Waals surface area contributed by atoms with Crippen LogP contribution < -0.4 is 0 Å². The first-order valence-corrected chi connectivity index (χ1v) is 5.51. The average molecular weight is 180 g/mol. The highest BCUT2D eigenvalue weighted by Gasteiger charge is 2.35. The van der Waals surface area contributed by atoms with Gasteiger partial charge in [0.25, 0.3) is 0 Å². The lowest BCUT2D eigenvalue weighted by molar-refractivity contribution is 0.299. The lowest BCUT2D eigenvalue weighted by atomic mass is 9.95. The van der Waals surface area contributed by atoms with Crippen molar-refractivity contribution >= 4 is 5.84 Å². The molecule has 1 heterocycles. The predicted octanol–water partition coefficient (Wildman–Crippen LogP) is 2.30. The van der Waals surface area contributed by atoms with Crippen LogP contribution in [0, 0.1) is 5.92 Å². The Morgan fingerprint density at radius 3 is 2.77 bits per heavy atom. The van der Waals surface area contributed by atoms with Crippen molar-refractivity contribution in [2.24, 2.45) is 10.9 Å². The van der Waals surface area contributed by atoms with Crippen molar-refractivity contribution in [3.63, 3.8) is 0 Å². The summed E-state index contributed by atoms with van der Waals surface area (Å²) < 4.78 is 0. The van der Waals surface area contributed by atoms with Crippen molar-refractivity contribution in [2.45, 2.75) is 44.6 Å². The number of nitrogens with zero attached hydrogens (tertiary/aromatic N) is 2. The van der Waals surface area contributed by atoms with Crippen LogP contribution >= 0.6 is 0 Å². The molecule has 1 saturated heterocycles. The van der Waals surface area contributed by atoms with E-state index in [-0.39, 0.29) is 0 Å². The zero-order valence-corrected chi connectivity index (χ0v) is 8.79. The molecular formula is C11H20N2. The Balaban J connectivity index is 2.11. The quantitative estimate of drug-likeness (QED) is 0.558. The van der Waals surface area contributed by atoms with Gasteiger partial charge in [0.05, 0.1) is 5.84 Å². The topological polar surface area (TPSA) is 15.6 Å². The van der Waals surface area contributed by atoms with E-state index in [2.05, 4.69) is 16.9 Å². The third-order valence-corrected chi connectivity index (χ3v) is 3.73. The van der Waals surface area contributed by atoms with Gasteiger partial charge in [-0.05, 0) is 18.8 Å². The van der Waals surface area contributed by atoms with Gasteiger partial charge in [0.15, 0.2) is 0 Å². The normalized spacial score (nSPS) is 37.7. The zero-order valence-electron chi connectivity index (χ0n) is 8.79. The summed E-state index contributed by atoms with van der Waals surface area (Å²) in [6.45, 7) is 0. The molecule has 2 unspecified atom stereocenters. The summed E-state index contributed by atoms with van der Waals surface area (Å²) in [6.07, 6.45) is 8.35. The van der Waals surface area contributed by atoms with Crippen molar-refractivity contribution in [3.8, 4) is 0 Å². The van der Waals surface area contributed by atoms with E-state index in [1.54, 1.807) is 0 Å². The lowest BCUT2D eigenvalue weighted by Gasteiger charge is -2.23. The summed E-state index contributed by atoms with van der Waals surface area (Å²) >= 11 is 0. The first-order chi connectivity index (χ1) is 6.33. The van der Waals surface area contributed by atoms with Crippen LogP contribution in [0.2, 0.25) is 0 Å². The summed E-state index contributed by atoms with van der Waals surface area (Å²) in [5.74, 6) is 2.24. The molecule has 0 bridgehead atoms. The van der Waals surface area contributed by atoms with Crippen molar-refractivity contribution in [3.05, 3.63) is 0 Å². The third-order valence-electron chi connectivity index (χ3n) is 3.73. The molecule has 0 spiro atoms. The summed E-state index contributed by atoms with van der Waals surface area (Å²) in [5.41, 5.74) is 0. The SMILES string of the molecule is C/N=C1\CC2CCCCCC2N1C. The first kappa shape index (κ1) is 9.04. The molecule has 0 aromatic heterocycles. The molecule has 2 atom stereocenters. The van der Waals surface area contributed by atoms with Crippen LogP contribution in [0.3, 0.4) is 0 Å². The van der Waals surface area contributed by atoms with Crippen LogP contribution in [0.4, 0.5) is 0 Å². The molecule has 0 aromatic rings. The van der Waals surface area contributed by atoms with Gasteiger partial charge in [-0.1, -0.05) is 19.3 Å². The van der Waals surface area contributed by atoms with Crippen LogP contribution in [0.5, 0.6) is 0 Å². The fourth-order valence-corrected chi connectivity index (χ4v) is 2.93. The van der Waals surface area contributed by atoms with E-state index >= 15 is 0 Å². The van der Waals surface area contributed by atoms with Gasteiger partial charge in [0.2, 0.25) is 0 Å². The number of hydrogen-bond acceptors (Lipinski definition) is 1. The minimum atomic E-state index is 0.807. The molecule has 2 rings (SSSR count). The van der Waals surface area contributed by atoms with Crippen molar-refractivity contribution in [1.82, 2.24) is 4.90 Å². The molecule has 13 heavy (non-hydrogen) atoms. The number of rotatable bonds is 0. The summed E-state index contributed by atoms with van der Waals surface area (Å²) in [6, 6.07) is 0.807. The van der Waals surface area contributed by atoms with Gasteiger partial charge < -0.3 is 4.90 Å². The molecule has 2 heteroatoms. The Morgan fingerprint density at radius 1 is 1.23 bits per heavy atom. The molecule has 74 valence electrons. The maximum absolute atomic E-state index is 4.37. The van der Waals surface area contributed by atoms with E-state index in [0.29, 0.717) is 0 Å². The number of likely N-dealkylation sites (tertiary alicyclic amines) is 1. The molecule has 1 aliphatic heterocycles. The number of aliphatic imine (C=N–C) groups is 1. The smallest absolute Gasteiger partial charge is 0.0989 e. The summed E-state index contributed by atoms with van der Waals surface area (Å²) in [7, 11) is 4.15. The Kier molecular flexibility index (Phi) is 2.56. The highest BCUT2D eigenvalue weighted by atomic mass is 15.2. The van der Waals surface area contributed by atoms with Crippen LogP contribution in [0.25, 0.3) is 0 Å². The lowest BCUT2D eigenvalue weighted by Crippen LogP contribution is -2.30. The van der Waals surface area contributed by atoms with Crippen molar-refractivity contribution in [2.75, 3.05) is 14.1 Å². The molecule has 2 aliphatic rings. The summed E-state index contributed by atoms with van der Waals surface area (Å²) in [4.78, 5) is 6.79. The number of fused-ring (bicyclic) bond motifs is 1. The zero-order chi connectivity index (χ0) is 9.26. The van der Waals surface area contributed by atoms with Crippen LogP contribution in [0.15, 0.2) is 4.99 Å². The molecule has 2 fully saturated rings. The van der Waals surface area contributed by atoms with E-state index in [1.807, 2.05) is 7.05 Å². The highest BCUT2D eigenvalue weighted by molar-refractivity contribution is 5.84. The van der Waals surface area contributed by atoms with Gasteiger partial charge in [-0.15, -0.1) is 0 Å². The minimum Gasteiger partial charge on any atom is -0.360 e. The Hall–Kier alpha value is -0.530. The predicted molar refractivity (Wildman–Crippen MR) is 56.1 cm³/mol. The Morgan fingerprint density at radius 2 is 2.00 bits per heavy atom. The second-order valence-electron chi connectivity index (χ2n) is 4.42. The Labute approximate surface area is 81.0 Å². The van der Waals surface area contributed by atoms with E-state index in [1.165, 1.54) is 44.4 Å². The van der Waals surface area contributed by atoms with Gasteiger partial charge in [-0.25, -0.2) is 0 Å². The second kappa shape index (κ2) is 3.69. The average Bonchev–Trinajstić information content (AvgIpc) is 2.37. The van der Waals surface area contributed by atoms with Gasteiger partial charge >= 0.3 is 0 Å². The van der Waals surface area contributed by atoms with Gasteiger partial charge in [0, 0.05) is 26.6 Å². The highest BCUT2D eigenvalue weighted by Crippen LogP contribution is 2.35. The standard InChI is InChI=1S/C11H20N2/c1-12-11-8-9-6-4-3-5-7-10(9)13(11)2/h9-10H,3-8H2,1-2H3/b12-11+. The van der Waals surface area contributed by atoms with Gasteiger partial charge in [0.1, 0.15) is 0 Å². The summed E-state index contributed by atoms with van der Waals surface area (Å²) in [5, 5.41) is 0. The fraction of sp³-hybridized carbons (Fsp3) is 0.909. The third kappa shape index (κ3) is 1.59. The van der Waals surface area contributed by atoms with Crippen LogP contribution in [-0.2, 0) is 0 Å². The molecular weight excluding hydrogens is 160 g/mol. The number of hydrogen-bond donors (Lipinski definition) is 0.